The first-order valence-electron chi connectivity index (χ1n) is 7.50. The molecule has 0 saturated heterocycles. The molecule has 0 saturated carbocycles. The normalized spacial score (nSPS) is 12.6. The van der Waals surface area contributed by atoms with Crippen molar-refractivity contribution in [3.8, 4) is 0 Å². The van der Waals surface area contributed by atoms with Crippen LogP contribution in [0.25, 0.3) is 0 Å². The third-order valence-corrected chi connectivity index (χ3v) is 4.33. The predicted octanol–water partition coefficient (Wildman–Crippen LogP) is 4.29. The van der Waals surface area contributed by atoms with E-state index in [9.17, 15) is 10.4 Å². The van der Waals surface area contributed by atoms with Crippen molar-refractivity contribution in [3.05, 3.63) is 69.5 Å². The van der Waals surface area contributed by atoms with Crippen LogP contribution in [0.5, 0.6) is 0 Å². The number of fused-ring (bicyclic) bond motifs is 2. The summed E-state index contributed by atoms with van der Waals surface area (Å²) < 4.78 is 0. The molecule has 0 unspecified atom stereocenters. The number of rotatable bonds is 2. The van der Waals surface area contributed by atoms with Crippen molar-refractivity contribution in [1.29, 1.82) is 0 Å². The lowest BCUT2D eigenvalue weighted by atomic mass is 10.00. The molecule has 0 radical (unpaired) electrons. The van der Waals surface area contributed by atoms with Gasteiger partial charge in [0.1, 0.15) is 5.69 Å². The van der Waals surface area contributed by atoms with Gasteiger partial charge in [-0.25, -0.2) is 4.99 Å². The lowest BCUT2D eigenvalue weighted by Crippen LogP contribution is -2.11. The summed E-state index contributed by atoms with van der Waals surface area (Å²) in [4.78, 5) is 4.75. The smallest absolute Gasteiger partial charge is 0.178 e. The van der Waals surface area contributed by atoms with E-state index in [1.807, 2.05) is 25.1 Å². The summed E-state index contributed by atoms with van der Waals surface area (Å²) in [5.41, 5.74) is 4.20. The molecule has 0 bridgehead atoms. The second kappa shape index (κ2) is 5.89. The highest BCUT2D eigenvalue weighted by Crippen LogP contribution is 2.38. The minimum absolute atomic E-state index is 0.0955. The van der Waals surface area contributed by atoms with Gasteiger partial charge in [0.15, 0.2) is 5.82 Å². The molecule has 1 aliphatic heterocycles. The second-order valence-electron chi connectivity index (χ2n) is 5.61. The number of benzene rings is 2. The predicted molar refractivity (Wildman–Crippen MR) is 97.4 cm³/mol. The van der Waals surface area contributed by atoms with Crippen LogP contribution in [0, 0.1) is 12.1 Å². The molecule has 0 spiro atoms. The van der Waals surface area contributed by atoms with Crippen LogP contribution in [0.15, 0.2) is 47.5 Å². The summed E-state index contributed by atoms with van der Waals surface area (Å²) in [6, 6.07) is 12.1. The number of halogens is 1. The highest BCUT2D eigenvalue weighted by Gasteiger charge is 2.22. The number of anilines is 3. The van der Waals surface area contributed by atoms with E-state index < -0.39 is 0 Å². The Bertz CT molecular complexity index is 996. The van der Waals surface area contributed by atoms with Crippen LogP contribution in [0.2, 0.25) is 5.02 Å². The van der Waals surface area contributed by atoms with Crippen molar-refractivity contribution in [2.24, 2.45) is 4.99 Å². The number of nitrogens with one attached hydrogen (secondary N) is 2. The van der Waals surface area contributed by atoms with Gasteiger partial charge >= 0.3 is 0 Å². The summed E-state index contributed by atoms with van der Waals surface area (Å²) in [5.74, 6) is 0.580. The molecule has 4 rings (SSSR count). The number of aryl methyl sites for hydroxylation is 1. The largest absolute Gasteiger partial charge is 0.733 e. The van der Waals surface area contributed by atoms with Gasteiger partial charge in [0.2, 0.25) is 0 Å². The van der Waals surface area contributed by atoms with Gasteiger partial charge in [-0.05, 0) is 31.2 Å². The Morgan fingerprint density at radius 3 is 2.72 bits per heavy atom. The number of aromatic amines is 1. The number of nitrogens with zero attached hydrogens (tertiary/aromatic N) is 3. The maximum Gasteiger partial charge on any atom is 0.178 e. The van der Waals surface area contributed by atoms with Crippen LogP contribution < -0.4 is 10.5 Å². The quantitative estimate of drug-likeness (QED) is 0.466. The average molecular weight is 355 g/mol. The Kier molecular flexibility index (Phi) is 3.69. The Labute approximate surface area is 148 Å². The number of aromatic nitrogens is 2. The standard InChI is InChI=1S/C17H13ClN5O2/c1-9-15-17(22-21-9)19-14-7-6-10(23(24)25)8-12(14)16(20-15)11-4-2-3-5-13(11)18/h2-8,24H,1H3,(H2,19,21,22)/q-1. The minimum atomic E-state index is -0.181. The average Bonchev–Trinajstić information content (AvgIpc) is 2.85. The van der Waals surface area contributed by atoms with Crippen molar-refractivity contribution in [3.63, 3.8) is 0 Å². The van der Waals surface area contributed by atoms with Gasteiger partial charge in [-0.1, -0.05) is 29.8 Å². The van der Waals surface area contributed by atoms with Crippen LogP contribution in [0.3, 0.4) is 0 Å². The molecule has 126 valence electrons. The Morgan fingerprint density at radius 2 is 1.96 bits per heavy atom. The van der Waals surface area contributed by atoms with Gasteiger partial charge < -0.3 is 15.8 Å². The lowest BCUT2D eigenvalue weighted by molar-refractivity contribution is 0.296. The van der Waals surface area contributed by atoms with Crippen molar-refractivity contribution in [1.82, 2.24) is 10.2 Å². The molecule has 1 aromatic heterocycles. The minimum Gasteiger partial charge on any atom is -0.733 e. The summed E-state index contributed by atoms with van der Waals surface area (Å²) in [6.07, 6.45) is 0. The zero-order valence-corrected chi connectivity index (χ0v) is 13.9. The SMILES string of the molecule is Cc1[nH]nc2c1N=C(c1ccccc1Cl)c1cc(N([O-])O)ccc1N2. The van der Waals surface area contributed by atoms with Gasteiger partial charge in [0.25, 0.3) is 0 Å². The molecular weight excluding hydrogens is 342 g/mol. The first-order valence-corrected chi connectivity index (χ1v) is 7.88. The van der Waals surface area contributed by atoms with E-state index in [2.05, 4.69) is 15.5 Å². The maximum atomic E-state index is 11.3. The van der Waals surface area contributed by atoms with Crippen molar-refractivity contribution >= 4 is 40.2 Å². The summed E-state index contributed by atoms with van der Waals surface area (Å²) in [5, 5.41) is 31.3. The van der Waals surface area contributed by atoms with Gasteiger partial charge in [0, 0.05) is 21.8 Å². The molecule has 3 N–H and O–H groups in total. The van der Waals surface area contributed by atoms with E-state index >= 15 is 0 Å². The van der Waals surface area contributed by atoms with Crippen molar-refractivity contribution in [2.75, 3.05) is 10.5 Å². The van der Waals surface area contributed by atoms with Gasteiger partial charge in [-0.15, -0.1) is 0 Å². The summed E-state index contributed by atoms with van der Waals surface area (Å²) >= 11 is 6.37. The van der Waals surface area contributed by atoms with E-state index in [1.54, 1.807) is 18.2 Å². The third kappa shape index (κ3) is 2.64. The van der Waals surface area contributed by atoms with Crippen LogP contribution >= 0.6 is 11.6 Å². The molecule has 0 fully saturated rings. The highest BCUT2D eigenvalue weighted by atomic mass is 35.5. The molecule has 2 aromatic carbocycles. The molecule has 0 atom stereocenters. The fourth-order valence-electron chi connectivity index (χ4n) is 2.76. The van der Waals surface area contributed by atoms with Crippen molar-refractivity contribution < 1.29 is 5.21 Å². The summed E-state index contributed by atoms with van der Waals surface area (Å²) in [6.45, 7) is 1.87. The third-order valence-electron chi connectivity index (χ3n) is 4.00. The molecule has 8 heteroatoms. The molecule has 2 heterocycles. The van der Waals surface area contributed by atoms with Gasteiger partial charge in [-0.2, -0.15) is 5.10 Å². The van der Waals surface area contributed by atoms with E-state index in [0.29, 0.717) is 39.1 Å². The Balaban J connectivity index is 2.02. The van der Waals surface area contributed by atoms with Crippen molar-refractivity contribution in [2.45, 2.75) is 6.92 Å². The number of aliphatic imine (C=N–C) groups is 1. The Morgan fingerprint density at radius 1 is 1.16 bits per heavy atom. The van der Waals surface area contributed by atoms with E-state index in [-0.39, 0.29) is 10.9 Å². The highest BCUT2D eigenvalue weighted by molar-refractivity contribution is 6.36. The van der Waals surface area contributed by atoms with Crippen LogP contribution in [-0.4, -0.2) is 21.1 Å². The zero-order valence-electron chi connectivity index (χ0n) is 13.1. The molecule has 3 aromatic rings. The monoisotopic (exact) mass is 354 g/mol. The van der Waals surface area contributed by atoms with Crippen LogP contribution in [0.1, 0.15) is 16.8 Å². The molecule has 25 heavy (non-hydrogen) atoms. The number of H-pyrrole nitrogens is 1. The summed E-state index contributed by atoms with van der Waals surface area (Å²) in [7, 11) is 0. The first-order chi connectivity index (χ1) is 12.0. The first kappa shape index (κ1) is 15.6. The van der Waals surface area contributed by atoms with E-state index in [1.165, 1.54) is 6.07 Å². The number of hydrogen-bond acceptors (Lipinski definition) is 6. The van der Waals surface area contributed by atoms with Crippen LogP contribution in [-0.2, 0) is 0 Å². The fraction of sp³-hybridized carbons (Fsp3) is 0.0588. The molecule has 0 aliphatic carbocycles. The molecule has 0 amide bonds. The zero-order chi connectivity index (χ0) is 17.6. The van der Waals surface area contributed by atoms with E-state index in [4.69, 9.17) is 16.6 Å². The lowest BCUT2D eigenvalue weighted by Gasteiger charge is -2.23. The van der Waals surface area contributed by atoms with Gasteiger partial charge in [0.05, 0.1) is 17.1 Å². The molecule has 7 nitrogen and oxygen atoms in total. The fourth-order valence-corrected chi connectivity index (χ4v) is 2.99. The second-order valence-corrected chi connectivity index (χ2v) is 6.02. The topological polar surface area (TPSA) is 99.6 Å². The number of hydrogen-bond donors (Lipinski definition) is 3. The van der Waals surface area contributed by atoms with Crippen LogP contribution in [0.4, 0.5) is 22.9 Å². The molecular formula is C17H13ClN5O2-. The maximum absolute atomic E-state index is 11.3. The van der Waals surface area contributed by atoms with E-state index in [0.717, 1.165) is 5.69 Å². The van der Waals surface area contributed by atoms with Gasteiger partial charge in [-0.3, -0.25) is 10.3 Å². The Hall–Kier alpha value is -2.87. The molecule has 1 aliphatic rings.